The zero-order valence-electron chi connectivity index (χ0n) is 20.3. The maximum Gasteiger partial charge on any atom is 0.173 e. The highest BCUT2D eigenvalue weighted by Crippen LogP contribution is 2.79. The summed E-state index contributed by atoms with van der Waals surface area (Å²) in [6.07, 6.45) is 6.76. The Morgan fingerprint density at radius 3 is 0.968 bits per heavy atom. The molecule has 0 radical (unpaired) electrons. The van der Waals surface area contributed by atoms with Gasteiger partial charge in [-0.25, -0.2) is 0 Å². The summed E-state index contributed by atoms with van der Waals surface area (Å²) >= 11 is 0. The Balaban J connectivity index is 1.20. The highest BCUT2D eigenvalue weighted by molar-refractivity contribution is 7.61. The van der Waals surface area contributed by atoms with Crippen molar-refractivity contribution in [2.45, 2.75) is 132 Å². The smallest absolute Gasteiger partial charge is 0.173 e. The highest BCUT2D eigenvalue weighted by atomic mass is 31.1. The summed E-state index contributed by atoms with van der Waals surface area (Å²) in [5.74, 6) is -2.08. The number of rotatable bonds is 4. The van der Waals surface area contributed by atoms with Crippen LogP contribution in [0, 0.1) is 0 Å². The van der Waals surface area contributed by atoms with Crippen LogP contribution >= 0.6 is 15.8 Å². The zero-order valence-corrected chi connectivity index (χ0v) is 22.1. The van der Waals surface area contributed by atoms with Gasteiger partial charge in [-0.2, -0.15) is 0 Å². The van der Waals surface area contributed by atoms with E-state index in [1.807, 2.05) is 0 Å². The molecule has 8 fully saturated rings. The van der Waals surface area contributed by atoms with Crippen molar-refractivity contribution in [3.05, 3.63) is 0 Å². The molecular weight excluding hydrogens is 434 g/mol. The SMILES string of the molecule is CC12CC3(C)OC(C)(CC(C)(O1)P3CCCP1C3(C)CC4(C)OC(C)(CC1(C)O4)O3)O2. The Labute approximate surface area is 188 Å². The molecule has 31 heavy (non-hydrogen) atoms. The Morgan fingerprint density at radius 2 is 0.710 bits per heavy atom. The summed E-state index contributed by atoms with van der Waals surface area (Å²) in [6, 6.07) is 0. The van der Waals surface area contributed by atoms with Gasteiger partial charge in [0.25, 0.3) is 0 Å². The van der Waals surface area contributed by atoms with E-state index >= 15 is 0 Å². The first-order valence-corrected chi connectivity index (χ1v) is 14.9. The van der Waals surface area contributed by atoms with Crippen molar-refractivity contribution >= 4 is 15.8 Å². The van der Waals surface area contributed by atoms with Crippen LogP contribution in [0.3, 0.4) is 0 Å². The van der Waals surface area contributed by atoms with E-state index in [0.717, 1.165) is 44.4 Å². The van der Waals surface area contributed by atoms with Gasteiger partial charge < -0.3 is 28.4 Å². The normalized spacial score (nSPS) is 66.2. The van der Waals surface area contributed by atoms with Crippen LogP contribution in [0.2, 0.25) is 0 Å². The lowest BCUT2D eigenvalue weighted by Gasteiger charge is -2.70. The van der Waals surface area contributed by atoms with E-state index in [9.17, 15) is 0 Å². The summed E-state index contributed by atoms with van der Waals surface area (Å²) in [5, 5.41) is -0.574. The van der Waals surface area contributed by atoms with Gasteiger partial charge in [-0.3, -0.25) is 0 Å². The van der Waals surface area contributed by atoms with Gasteiger partial charge in [0.05, 0.1) is 21.4 Å². The Hall–Kier alpha value is 0.620. The summed E-state index contributed by atoms with van der Waals surface area (Å²) in [6.45, 7) is 17.6. The van der Waals surface area contributed by atoms with Crippen LogP contribution in [0.25, 0.3) is 0 Å². The first kappa shape index (κ1) is 22.1. The van der Waals surface area contributed by atoms with Crippen LogP contribution in [0.1, 0.15) is 87.5 Å². The van der Waals surface area contributed by atoms with Crippen molar-refractivity contribution < 1.29 is 28.4 Å². The second kappa shape index (κ2) is 5.88. The number of hydrogen-bond donors (Lipinski definition) is 0. The molecule has 0 spiro atoms. The fourth-order valence-electron chi connectivity index (χ4n) is 8.61. The third kappa shape index (κ3) is 3.05. The lowest BCUT2D eigenvalue weighted by atomic mass is 9.98. The molecule has 0 aromatic rings. The minimum absolute atomic E-state index is 0.144. The molecule has 176 valence electrons. The lowest BCUT2D eigenvalue weighted by molar-refractivity contribution is -0.469. The molecule has 0 aliphatic carbocycles. The second-order valence-corrected chi connectivity index (χ2v) is 18.6. The monoisotopic (exact) mass is 472 g/mol. The van der Waals surface area contributed by atoms with Crippen molar-refractivity contribution in [2.24, 2.45) is 0 Å². The molecule has 8 atom stereocenters. The van der Waals surface area contributed by atoms with E-state index < -0.39 is 39.0 Å². The third-order valence-corrected chi connectivity index (χ3v) is 15.3. The molecule has 0 N–H and O–H groups in total. The van der Waals surface area contributed by atoms with E-state index in [4.69, 9.17) is 28.4 Å². The van der Waals surface area contributed by atoms with Crippen molar-refractivity contribution in [3.8, 4) is 0 Å². The topological polar surface area (TPSA) is 55.4 Å². The van der Waals surface area contributed by atoms with Gasteiger partial charge in [-0.1, -0.05) is 0 Å². The Bertz CT molecular complexity index is 679. The highest BCUT2D eigenvalue weighted by Gasteiger charge is 2.72. The van der Waals surface area contributed by atoms with Gasteiger partial charge in [-0.15, -0.1) is 0 Å². The van der Waals surface area contributed by atoms with E-state index in [2.05, 4.69) is 55.4 Å². The zero-order chi connectivity index (χ0) is 22.3. The minimum Gasteiger partial charge on any atom is -0.339 e. The van der Waals surface area contributed by atoms with Crippen LogP contribution in [-0.2, 0) is 28.4 Å². The first-order valence-electron chi connectivity index (χ1n) is 11.8. The average Bonchev–Trinajstić information content (AvgIpc) is 2.43. The molecule has 0 aromatic carbocycles. The molecule has 8 rings (SSSR count). The maximum absolute atomic E-state index is 6.61. The van der Waals surface area contributed by atoms with Crippen molar-refractivity contribution in [1.82, 2.24) is 0 Å². The molecule has 8 bridgehead atoms. The van der Waals surface area contributed by atoms with Gasteiger partial charge in [0.1, 0.15) is 0 Å². The lowest BCUT2D eigenvalue weighted by Crippen LogP contribution is -2.72. The fourth-order valence-corrected chi connectivity index (χ4v) is 16.8. The molecule has 0 aromatic heterocycles. The van der Waals surface area contributed by atoms with E-state index in [-0.39, 0.29) is 21.4 Å². The van der Waals surface area contributed by atoms with Crippen LogP contribution in [0.4, 0.5) is 0 Å². The largest absolute Gasteiger partial charge is 0.339 e. The molecule has 0 amide bonds. The second-order valence-electron chi connectivity index (χ2n) is 12.2. The van der Waals surface area contributed by atoms with Crippen LogP contribution in [-0.4, -0.2) is 56.8 Å². The van der Waals surface area contributed by atoms with Gasteiger partial charge in [0.2, 0.25) is 0 Å². The standard InChI is InChI=1S/C23H38O6P2/c1-16-12-20(5)27-17(2,24-16)13-21(6,26-16)30(20)10-9-11-31-22(7)14-18(3)25-19(4,29-22)15-23(31,8)28-18/h9-15H2,1-8H3. The van der Waals surface area contributed by atoms with Crippen molar-refractivity contribution in [1.29, 1.82) is 0 Å². The fraction of sp³-hybridized carbons (Fsp3) is 1.00. The molecule has 8 saturated heterocycles. The number of ether oxygens (including phenoxy) is 6. The van der Waals surface area contributed by atoms with E-state index in [1.54, 1.807) is 0 Å². The molecular formula is C23H38O6P2. The molecule has 8 aliphatic rings. The molecule has 8 aliphatic heterocycles. The summed E-state index contributed by atoms with van der Waals surface area (Å²) < 4.78 is 38.9. The Morgan fingerprint density at radius 1 is 0.452 bits per heavy atom. The van der Waals surface area contributed by atoms with E-state index in [1.165, 1.54) is 0 Å². The van der Waals surface area contributed by atoms with E-state index in [0.29, 0.717) is 0 Å². The van der Waals surface area contributed by atoms with Crippen LogP contribution in [0.15, 0.2) is 0 Å². The Kier molecular flexibility index (Phi) is 4.19. The predicted octanol–water partition coefficient (Wildman–Crippen LogP) is 5.81. The maximum atomic E-state index is 6.61. The van der Waals surface area contributed by atoms with Crippen LogP contribution < -0.4 is 0 Å². The van der Waals surface area contributed by atoms with Gasteiger partial charge >= 0.3 is 0 Å². The van der Waals surface area contributed by atoms with Gasteiger partial charge in [0.15, 0.2) is 23.1 Å². The van der Waals surface area contributed by atoms with Gasteiger partial charge in [-0.05, 0) is 90.0 Å². The minimum atomic E-state index is -0.521. The predicted molar refractivity (Wildman–Crippen MR) is 120 cm³/mol. The van der Waals surface area contributed by atoms with Crippen molar-refractivity contribution in [2.75, 3.05) is 12.3 Å². The summed E-state index contributed by atoms with van der Waals surface area (Å²) in [7, 11) is -0.898. The molecule has 8 heterocycles. The van der Waals surface area contributed by atoms with Crippen LogP contribution in [0.5, 0.6) is 0 Å². The molecule has 8 heteroatoms. The van der Waals surface area contributed by atoms with Gasteiger partial charge in [0, 0.05) is 25.7 Å². The number of hydrogen-bond acceptors (Lipinski definition) is 6. The molecule has 8 unspecified atom stereocenters. The first-order chi connectivity index (χ1) is 14.0. The molecule has 6 nitrogen and oxygen atoms in total. The molecule has 0 saturated carbocycles. The third-order valence-electron chi connectivity index (χ3n) is 8.25. The van der Waals surface area contributed by atoms with Crippen molar-refractivity contribution in [3.63, 3.8) is 0 Å². The summed E-state index contributed by atoms with van der Waals surface area (Å²) in [5.41, 5.74) is 0. The quantitative estimate of drug-likeness (QED) is 0.481. The average molecular weight is 472 g/mol. The summed E-state index contributed by atoms with van der Waals surface area (Å²) in [4.78, 5) is 0.